The highest BCUT2D eigenvalue weighted by Gasteiger charge is 2.39. The number of hydrogen-bond donors (Lipinski definition) is 3. The zero-order valence-electron chi connectivity index (χ0n) is 19.9. The molecule has 1 saturated carbocycles. The molecule has 5 nitrogen and oxygen atoms in total. The topological polar surface area (TPSA) is 78.4 Å². The van der Waals surface area contributed by atoms with E-state index in [0.29, 0.717) is 12.1 Å². The van der Waals surface area contributed by atoms with Crippen molar-refractivity contribution in [2.45, 2.75) is 45.1 Å². The summed E-state index contributed by atoms with van der Waals surface area (Å²) >= 11 is 0. The SMILES string of the molecule is O=C(O)/C=C/c1cccc(NC(=O)C2(Cc3ccc(CNc4ccccc4)cc3)CCCCC2)c1. The quantitative estimate of drug-likeness (QED) is 0.312. The van der Waals surface area contributed by atoms with Crippen LogP contribution < -0.4 is 10.6 Å². The third-order valence-electron chi connectivity index (χ3n) is 6.69. The smallest absolute Gasteiger partial charge is 0.328 e. The Balaban J connectivity index is 1.44. The van der Waals surface area contributed by atoms with Crippen molar-refractivity contribution in [3.05, 3.63) is 102 Å². The molecule has 1 fully saturated rings. The summed E-state index contributed by atoms with van der Waals surface area (Å²) in [5.74, 6) is -0.950. The van der Waals surface area contributed by atoms with Crippen molar-refractivity contribution in [3.8, 4) is 0 Å². The van der Waals surface area contributed by atoms with E-state index in [4.69, 9.17) is 5.11 Å². The highest BCUT2D eigenvalue weighted by molar-refractivity contribution is 5.96. The summed E-state index contributed by atoms with van der Waals surface area (Å²) < 4.78 is 0. The lowest BCUT2D eigenvalue weighted by molar-refractivity contribution is -0.131. The fourth-order valence-electron chi connectivity index (χ4n) is 4.79. The van der Waals surface area contributed by atoms with Crippen LogP contribution in [0.3, 0.4) is 0 Å². The molecule has 3 aromatic rings. The minimum Gasteiger partial charge on any atom is -0.478 e. The molecule has 35 heavy (non-hydrogen) atoms. The maximum Gasteiger partial charge on any atom is 0.328 e. The third kappa shape index (κ3) is 6.82. The number of anilines is 2. The second-order valence-corrected chi connectivity index (χ2v) is 9.31. The summed E-state index contributed by atoms with van der Waals surface area (Å²) in [7, 11) is 0. The van der Waals surface area contributed by atoms with Crippen LogP contribution in [0.1, 0.15) is 48.8 Å². The molecule has 0 bridgehead atoms. The second-order valence-electron chi connectivity index (χ2n) is 9.31. The van der Waals surface area contributed by atoms with Crippen LogP contribution >= 0.6 is 0 Å². The molecular formula is C30H32N2O3. The van der Waals surface area contributed by atoms with Crippen LogP contribution in [0.4, 0.5) is 11.4 Å². The highest BCUT2D eigenvalue weighted by Crippen LogP contribution is 2.40. The van der Waals surface area contributed by atoms with Crippen molar-refractivity contribution in [1.82, 2.24) is 0 Å². The Morgan fingerprint density at radius 2 is 1.51 bits per heavy atom. The molecule has 0 heterocycles. The minimum absolute atomic E-state index is 0.0476. The van der Waals surface area contributed by atoms with Gasteiger partial charge in [0.25, 0.3) is 0 Å². The predicted octanol–water partition coefficient (Wildman–Crippen LogP) is 6.53. The number of benzene rings is 3. The summed E-state index contributed by atoms with van der Waals surface area (Å²) in [6, 6.07) is 26.0. The van der Waals surface area contributed by atoms with E-state index in [1.807, 2.05) is 42.5 Å². The standard InChI is InChI=1S/C30H32N2O3/c33-28(34)17-16-23-8-7-11-27(20-23)32-29(35)30(18-5-2-6-19-30)21-24-12-14-25(15-13-24)22-31-26-9-3-1-4-10-26/h1,3-4,7-17,20,31H,2,5-6,18-19,21-22H2,(H,32,35)(H,33,34)/b17-16+. The molecule has 1 aliphatic carbocycles. The van der Waals surface area contributed by atoms with Gasteiger partial charge >= 0.3 is 5.97 Å². The molecule has 1 aliphatic rings. The molecule has 0 atom stereocenters. The number of hydrogen-bond acceptors (Lipinski definition) is 3. The van der Waals surface area contributed by atoms with Crippen molar-refractivity contribution in [3.63, 3.8) is 0 Å². The Kier molecular flexibility index (Phi) is 7.99. The summed E-state index contributed by atoms with van der Waals surface area (Å²) in [5, 5.41) is 15.4. The number of rotatable bonds is 9. The number of carboxylic acids is 1. The first kappa shape index (κ1) is 24.3. The molecule has 5 heteroatoms. The number of amides is 1. The molecule has 1 amide bonds. The zero-order valence-corrected chi connectivity index (χ0v) is 19.9. The molecule has 0 unspecified atom stereocenters. The van der Waals surface area contributed by atoms with E-state index in [9.17, 15) is 9.59 Å². The number of nitrogens with one attached hydrogen (secondary N) is 2. The van der Waals surface area contributed by atoms with Gasteiger partial charge < -0.3 is 15.7 Å². The Morgan fingerprint density at radius 3 is 2.23 bits per heavy atom. The van der Waals surface area contributed by atoms with Crippen LogP contribution in [0.25, 0.3) is 6.08 Å². The maximum atomic E-state index is 13.6. The van der Waals surface area contributed by atoms with Gasteiger partial charge in [0.2, 0.25) is 5.91 Å². The van der Waals surface area contributed by atoms with Gasteiger partial charge in [0.1, 0.15) is 0 Å². The average Bonchev–Trinajstić information content (AvgIpc) is 2.88. The Labute approximate surface area is 206 Å². The molecule has 0 aromatic heterocycles. The lowest BCUT2D eigenvalue weighted by atomic mass is 9.69. The number of carboxylic acid groups (broad SMARTS) is 1. The molecule has 180 valence electrons. The number of aliphatic carboxylic acids is 1. The monoisotopic (exact) mass is 468 g/mol. The first-order chi connectivity index (χ1) is 17.0. The number of para-hydroxylation sites is 1. The van der Waals surface area contributed by atoms with Crippen LogP contribution in [-0.4, -0.2) is 17.0 Å². The van der Waals surface area contributed by atoms with Crippen LogP contribution in [-0.2, 0) is 22.6 Å². The average molecular weight is 469 g/mol. The molecular weight excluding hydrogens is 436 g/mol. The summed E-state index contributed by atoms with van der Waals surface area (Å²) in [4.78, 5) is 24.4. The van der Waals surface area contributed by atoms with Crippen LogP contribution in [0, 0.1) is 5.41 Å². The molecule has 3 aromatic carbocycles. The Bertz CT molecular complexity index is 1160. The molecule has 3 N–H and O–H groups in total. The van der Waals surface area contributed by atoms with E-state index in [-0.39, 0.29) is 5.91 Å². The number of carbonyl (C=O) groups excluding carboxylic acids is 1. The van der Waals surface area contributed by atoms with E-state index >= 15 is 0 Å². The van der Waals surface area contributed by atoms with Crippen molar-refractivity contribution in [2.24, 2.45) is 5.41 Å². The maximum absolute atomic E-state index is 13.6. The van der Waals surface area contributed by atoms with Gasteiger partial charge in [-0.05, 0) is 66.3 Å². The molecule has 0 aliphatic heterocycles. The fourth-order valence-corrected chi connectivity index (χ4v) is 4.79. The van der Waals surface area contributed by atoms with Gasteiger partial charge in [0, 0.05) is 24.0 Å². The summed E-state index contributed by atoms with van der Waals surface area (Å²) in [6.45, 7) is 0.753. The van der Waals surface area contributed by atoms with Crippen molar-refractivity contribution >= 4 is 29.3 Å². The molecule has 4 rings (SSSR count). The third-order valence-corrected chi connectivity index (χ3v) is 6.69. The van der Waals surface area contributed by atoms with Crippen LogP contribution in [0.15, 0.2) is 84.9 Å². The minimum atomic E-state index is -0.998. The van der Waals surface area contributed by atoms with Gasteiger partial charge in [-0.2, -0.15) is 0 Å². The van der Waals surface area contributed by atoms with Crippen LogP contribution in [0.2, 0.25) is 0 Å². The molecule has 0 spiro atoms. The first-order valence-electron chi connectivity index (χ1n) is 12.2. The summed E-state index contributed by atoms with van der Waals surface area (Å²) in [6.07, 6.45) is 8.34. The van der Waals surface area contributed by atoms with E-state index in [1.165, 1.54) is 17.2 Å². The fraction of sp³-hybridized carbons (Fsp3) is 0.267. The van der Waals surface area contributed by atoms with E-state index in [2.05, 4.69) is 47.0 Å². The van der Waals surface area contributed by atoms with Gasteiger partial charge in [0.15, 0.2) is 0 Å². The Morgan fingerprint density at radius 1 is 0.829 bits per heavy atom. The van der Waals surface area contributed by atoms with E-state index in [1.54, 1.807) is 0 Å². The van der Waals surface area contributed by atoms with E-state index < -0.39 is 11.4 Å². The first-order valence-corrected chi connectivity index (χ1v) is 12.2. The van der Waals surface area contributed by atoms with Gasteiger partial charge in [-0.3, -0.25) is 4.79 Å². The second kappa shape index (κ2) is 11.5. The van der Waals surface area contributed by atoms with Gasteiger partial charge in [-0.1, -0.05) is 73.9 Å². The van der Waals surface area contributed by atoms with Crippen LogP contribution in [0.5, 0.6) is 0 Å². The van der Waals surface area contributed by atoms with Crippen molar-refractivity contribution < 1.29 is 14.7 Å². The predicted molar refractivity (Wildman–Crippen MR) is 141 cm³/mol. The van der Waals surface area contributed by atoms with Crippen molar-refractivity contribution in [1.29, 1.82) is 0 Å². The van der Waals surface area contributed by atoms with Crippen molar-refractivity contribution in [2.75, 3.05) is 10.6 Å². The molecule has 0 saturated heterocycles. The lowest BCUT2D eigenvalue weighted by Crippen LogP contribution is -2.40. The number of carbonyl (C=O) groups is 2. The molecule has 0 radical (unpaired) electrons. The zero-order chi connectivity index (χ0) is 24.5. The lowest BCUT2D eigenvalue weighted by Gasteiger charge is -2.36. The van der Waals surface area contributed by atoms with Gasteiger partial charge in [-0.15, -0.1) is 0 Å². The van der Waals surface area contributed by atoms with E-state index in [0.717, 1.165) is 56.0 Å². The van der Waals surface area contributed by atoms with Gasteiger partial charge in [0.05, 0.1) is 5.41 Å². The summed E-state index contributed by atoms with van der Waals surface area (Å²) in [5.41, 5.74) is 4.46. The Hall–Kier alpha value is -3.86. The van der Waals surface area contributed by atoms with Gasteiger partial charge in [-0.25, -0.2) is 4.79 Å². The highest BCUT2D eigenvalue weighted by atomic mass is 16.4. The largest absolute Gasteiger partial charge is 0.478 e. The normalized spacial score (nSPS) is 15.0.